The average Bonchev–Trinajstić information content (AvgIpc) is 3.09. The van der Waals surface area contributed by atoms with Crippen LogP contribution >= 0.6 is 11.3 Å². The number of benzene rings is 1. The first-order valence-corrected chi connectivity index (χ1v) is 8.27. The summed E-state index contributed by atoms with van der Waals surface area (Å²) in [6, 6.07) is 5.04. The van der Waals surface area contributed by atoms with Gasteiger partial charge >= 0.3 is 6.18 Å². The molecule has 0 saturated carbocycles. The molecule has 1 aromatic heterocycles. The van der Waals surface area contributed by atoms with Gasteiger partial charge in [-0.1, -0.05) is 0 Å². The van der Waals surface area contributed by atoms with Gasteiger partial charge in [0.25, 0.3) is 5.91 Å². The lowest BCUT2D eigenvalue weighted by Crippen LogP contribution is -2.36. The monoisotopic (exact) mass is 356 g/mol. The van der Waals surface area contributed by atoms with Gasteiger partial charge in [0.05, 0.1) is 35.7 Å². The third-order valence-electron chi connectivity index (χ3n) is 3.71. The van der Waals surface area contributed by atoms with Gasteiger partial charge < -0.3 is 15.0 Å². The molecule has 1 aliphatic heterocycles. The number of hydrogen-bond donors (Lipinski definition) is 1. The normalized spacial score (nSPS) is 15.4. The molecular weight excluding hydrogens is 341 g/mol. The average molecular weight is 356 g/mol. The summed E-state index contributed by atoms with van der Waals surface area (Å²) >= 11 is 1.35. The van der Waals surface area contributed by atoms with Gasteiger partial charge in [-0.25, -0.2) is 0 Å². The quantitative estimate of drug-likeness (QED) is 0.908. The van der Waals surface area contributed by atoms with E-state index in [1.165, 1.54) is 17.4 Å². The number of thiophene rings is 1. The smallest absolute Gasteiger partial charge is 0.378 e. The van der Waals surface area contributed by atoms with Crippen molar-refractivity contribution in [2.45, 2.75) is 6.18 Å². The number of halogens is 3. The number of ether oxygens (including phenoxy) is 1. The Morgan fingerprint density at radius 1 is 1.21 bits per heavy atom. The zero-order valence-electron chi connectivity index (χ0n) is 12.6. The highest BCUT2D eigenvalue weighted by atomic mass is 32.1. The van der Waals surface area contributed by atoms with Crippen molar-refractivity contribution in [2.24, 2.45) is 0 Å². The maximum atomic E-state index is 13.0. The van der Waals surface area contributed by atoms with E-state index in [0.717, 1.165) is 12.1 Å². The minimum atomic E-state index is -4.47. The largest absolute Gasteiger partial charge is 0.416 e. The van der Waals surface area contributed by atoms with Crippen molar-refractivity contribution in [3.63, 3.8) is 0 Å². The van der Waals surface area contributed by atoms with Crippen LogP contribution in [0.3, 0.4) is 0 Å². The highest BCUT2D eigenvalue weighted by Crippen LogP contribution is 2.36. The summed E-state index contributed by atoms with van der Waals surface area (Å²) in [4.78, 5) is 14.2. The molecule has 8 heteroatoms. The molecule has 0 unspecified atom stereocenters. The second-order valence-corrected chi connectivity index (χ2v) is 6.08. The van der Waals surface area contributed by atoms with Crippen LogP contribution < -0.4 is 10.2 Å². The SMILES string of the molecule is O=C(Nc1cc(C(F)(F)F)ccc1N1CCOCC1)c1ccsc1. The van der Waals surface area contributed by atoms with E-state index < -0.39 is 17.6 Å². The first-order chi connectivity index (χ1) is 11.4. The van der Waals surface area contributed by atoms with Crippen molar-refractivity contribution >= 4 is 28.6 Å². The lowest BCUT2D eigenvalue weighted by Gasteiger charge is -2.31. The number of morpholine rings is 1. The predicted molar refractivity (Wildman–Crippen MR) is 86.7 cm³/mol. The molecule has 1 amide bonds. The van der Waals surface area contributed by atoms with Gasteiger partial charge in [-0.3, -0.25) is 4.79 Å². The zero-order chi connectivity index (χ0) is 17.2. The number of anilines is 2. The molecule has 24 heavy (non-hydrogen) atoms. The third-order valence-corrected chi connectivity index (χ3v) is 4.39. The van der Waals surface area contributed by atoms with Gasteiger partial charge in [-0.15, -0.1) is 0 Å². The van der Waals surface area contributed by atoms with E-state index in [1.54, 1.807) is 16.8 Å². The van der Waals surface area contributed by atoms with Crippen LogP contribution in [-0.4, -0.2) is 32.2 Å². The van der Waals surface area contributed by atoms with Gasteiger partial charge in [0.2, 0.25) is 0 Å². The molecule has 1 N–H and O–H groups in total. The van der Waals surface area contributed by atoms with E-state index in [2.05, 4.69) is 5.32 Å². The van der Waals surface area contributed by atoms with Crippen molar-refractivity contribution < 1.29 is 22.7 Å². The maximum absolute atomic E-state index is 13.0. The number of rotatable bonds is 3. The molecule has 2 aromatic rings. The summed E-state index contributed by atoms with van der Waals surface area (Å²) < 4.78 is 44.3. The molecule has 3 rings (SSSR count). The molecule has 0 aliphatic carbocycles. The number of amides is 1. The number of nitrogens with one attached hydrogen (secondary N) is 1. The van der Waals surface area contributed by atoms with E-state index in [4.69, 9.17) is 4.74 Å². The highest BCUT2D eigenvalue weighted by Gasteiger charge is 2.32. The molecule has 1 aromatic carbocycles. The van der Waals surface area contributed by atoms with Gasteiger partial charge in [-0.2, -0.15) is 24.5 Å². The molecular formula is C16H15F3N2O2S. The molecule has 0 radical (unpaired) electrons. The highest BCUT2D eigenvalue weighted by molar-refractivity contribution is 7.08. The van der Waals surface area contributed by atoms with E-state index >= 15 is 0 Å². The van der Waals surface area contributed by atoms with E-state index in [-0.39, 0.29) is 5.69 Å². The van der Waals surface area contributed by atoms with E-state index in [1.807, 2.05) is 4.90 Å². The van der Waals surface area contributed by atoms with Crippen molar-refractivity contribution in [3.8, 4) is 0 Å². The molecule has 4 nitrogen and oxygen atoms in total. The summed E-state index contributed by atoms with van der Waals surface area (Å²) in [5.41, 5.74) is 0.350. The Kier molecular flexibility index (Phi) is 4.77. The molecule has 1 aliphatic rings. The van der Waals surface area contributed by atoms with E-state index in [9.17, 15) is 18.0 Å². The van der Waals surface area contributed by atoms with Gasteiger partial charge in [0.1, 0.15) is 0 Å². The summed E-state index contributed by atoms with van der Waals surface area (Å²) in [5.74, 6) is -0.426. The second kappa shape index (κ2) is 6.82. The predicted octanol–water partition coefficient (Wildman–Crippen LogP) is 3.86. The third kappa shape index (κ3) is 3.70. The van der Waals surface area contributed by atoms with Crippen LogP contribution in [0.5, 0.6) is 0 Å². The van der Waals surface area contributed by atoms with Crippen LogP contribution in [0, 0.1) is 0 Å². The van der Waals surface area contributed by atoms with Crippen molar-refractivity contribution in [1.29, 1.82) is 0 Å². The summed E-state index contributed by atoms with van der Waals surface area (Å²) in [7, 11) is 0. The van der Waals surface area contributed by atoms with Crippen LogP contribution in [0.1, 0.15) is 15.9 Å². The molecule has 2 heterocycles. The first kappa shape index (κ1) is 16.8. The van der Waals surface area contributed by atoms with Gasteiger partial charge in [-0.05, 0) is 29.6 Å². The Morgan fingerprint density at radius 3 is 2.58 bits per heavy atom. The summed E-state index contributed by atoms with van der Waals surface area (Å²) in [6.07, 6.45) is -4.47. The second-order valence-electron chi connectivity index (χ2n) is 5.30. The number of nitrogens with zero attached hydrogens (tertiary/aromatic N) is 1. The Morgan fingerprint density at radius 2 is 1.96 bits per heavy atom. The van der Waals surface area contributed by atoms with Crippen LogP contribution in [-0.2, 0) is 10.9 Å². The van der Waals surface area contributed by atoms with Crippen molar-refractivity contribution in [3.05, 3.63) is 46.2 Å². The topological polar surface area (TPSA) is 41.6 Å². The molecule has 1 saturated heterocycles. The van der Waals surface area contributed by atoms with Crippen molar-refractivity contribution in [2.75, 3.05) is 36.5 Å². The molecule has 0 atom stereocenters. The molecule has 0 bridgehead atoms. The molecule has 1 fully saturated rings. The maximum Gasteiger partial charge on any atom is 0.416 e. The number of alkyl halides is 3. The summed E-state index contributed by atoms with van der Waals surface area (Å²) in [6.45, 7) is 2.12. The standard InChI is InChI=1S/C16H15F3N2O2S/c17-16(18,19)12-1-2-14(21-4-6-23-7-5-21)13(9-12)20-15(22)11-3-8-24-10-11/h1-3,8-10H,4-7H2,(H,20,22). The zero-order valence-corrected chi connectivity index (χ0v) is 13.4. The molecule has 0 spiro atoms. The van der Waals surface area contributed by atoms with Crippen LogP contribution in [0.2, 0.25) is 0 Å². The lowest BCUT2D eigenvalue weighted by molar-refractivity contribution is -0.137. The Labute approximate surface area is 140 Å². The fourth-order valence-electron chi connectivity index (χ4n) is 2.48. The lowest BCUT2D eigenvalue weighted by atomic mass is 10.1. The summed E-state index contributed by atoms with van der Waals surface area (Å²) in [5, 5.41) is 6.00. The van der Waals surface area contributed by atoms with Gasteiger partial charge in [0.15, 0.2) is 0 Å². The number of carbonyl (C=O) groups excluding carboxylic acids is 1. The number of hydrogen-bond acceptors (Lipinski definition) is 4. The molecule has 128 valence electrons. The Bertz CT molecular complexity index is 711. The van der Waals surface area contributed by atoms with Crippen LogP contribution in [0.4, 0.5) is 24.5 Å². The first-order valence-electron chi connectivity index (χ1n) is 7.32. The Balaban J connectivity index is 1.94. The minimum Gasteiger partial charge on any atom is -0.378 e. The fraction of sp³-hybridized carbons (Fsp3) is 0.312. The fourth-order valence-corrected chi connectivity index (χ4v) is 3.12. The van der Waals surface area contributed by atoms with E-state index in [0.29, 0.717) is 37.6 Å². The van der Waals surface area contributed by atoms with Crippen LogP contribution in [0.15, 0.2) is 35.0 Å². The van der Waals surface area contributed by atoms with Crippen molar-refractivity contribution in [1.82, 2.24) is 0 Å². The minimum absolute atomic E-state index is 0.155. The van der Waals surface area contributed by atoms with Gasteiger partial charge in [0, 0.05) is 18.5 Å². The van der Waals surface area contributed by atoms with Crippen LogP contribution in [0.25, 0.3) is 0 Å². The Hall–Kier alpha value is -2.06. The number of carbonyl (C=O) groups is 1.